The Balaban J connectivity index is 1.78. The van der Waals surface area contributed by atoms with Gasteiger partial charge in [0.1, 0.15) is 5.75 Å². The van der Waals surface area contributed by atoms with E-state index in [0.29, 0.717) is 18.0 Å². The molecule has 1 unspecified atom stereocenters. The van der Waals surface area contributed by atoms with E-state index in [0.717, 1.165) is 22.4 Å². The quantitative estimate of drug-likeness (QED) is 0.511. The number of ether oxygens (including phenoxy) is 1. The SMILES string of the molecule is COc1ccc(C2=C(O)C(=O)N(Cc3ccc(C)cc3)C2c2ccc(C(C)C)cc2)cc1. The van der Waals surface area contributed by atoms with Crippen LogP contribution in [0.25, 0.3) is 5.57 Å². The summed E-state index contributed by atoms with van der Waals surface area (Å²) in [5.41, 5.74) is 5.84. The molecule has 1 N–H and O–H groups in total. The number of hydrogen-bond donors (Lipinski definition) is 1. The third-order valence-corrected chi connectivity index (χ3v) is 6.10. The van der Waals surface area contributed by atoms with Crippen LogP contribution < -0.4 is 4.74 Å². The van der Waals surface area contributed by atoms with Gasteiger partial charge in [0, 0.05) is 12.1 Å². The highest BCUT2D eigenvalue weighted by atomic mass is 16.5. The van der Waals surface area contributed by atoms with Crippen LogP contribution in [0.15, 0.2) is 78.6 Å². The molecule has 0 saturated heterocycles. The molecule has 1 aliphatic heterocycles. The van der Waals surface area contributed by atoms with Crippen LogP contribution >= 0.6 is 0 Å². The minimum Gasteiger partial charge on any atom is -0.503 e. The zero-order chi connectivity index (χ0) is 22.8. The average molecular weight is 428 g/mol. The van der Waals surface area contributed by atoms with E-state index < -0.39 is 0 Å². The molecule has 1 atom stereocenters. The number of benzene rings is 3. The van der Waals surface area contributed by atoms with Crippen molar-refractivity contribution in [2.24, 2.45) is 0 Å². The number of carbonyl (C=O) groups excluding carboxylic acids is 1. The lowest BCUT2D eigenvalue weighted by atomic mass is 9.91. The Labute approximate surface area is 189 Å². The Morgan fingerprint density at radius 1 is 0.938 bits per heavy atom. The van der Waals surface area contributed by atoms with Crippen LogP contribution in [-0.4, -0.2) is 23.0 Å². The van der Waals surface area contributed by atoms with Crippen LogP contribution in [0.5, 0.6) is 5.75 Å². The van der Waals surface area contributed by atoms with Crippen LogP contribution in [0.4, 0.5) is 0 Å². The lowest BCUT2D eigenvalue weighted by Crippen LogP contribution is -2.29. The number of aliphatic hydroxyl groups excluding tert-OH is 1. The molecule has 0 fully saturated rings. The first-order valence-electron chi connectivity index (χ1n) is 10.9. The zero-order valence-electron chi connectivity index (χ0n) is 19.0. The zero-order valence-corrected chi connectivity index (χ0v) is 19.0. The van der Waals surface area contributed by atoms with Crippen LogP contribution in [-0.2, 0) is 11.3 Å². The molecule has 0 spiro atoms. The second-order valence-corrected chi connectivity index (χ2v) is 8.63. The van der Waals surface area contributed by atoms with Gasteiger partial charge in [-0.3, -0.25) is 4.79 Å². The van der Waals surface area contributed by atoms with Crippen molar-refractivity contribution in [2.45, 2.75) is 39.3 Å². The molecule has 164 valence electrons. The molecule has 0 saturated carbocycles. The summed E-state index contributed by atoms with van der Waals surface area (Å²) in [4.78, 5) is 15.0. The highest BCUT2D eigenvalue weighted by Gasteiger charge is 2.41. The van der Waals surface area contributed by atoms with Gasteiger partial charge < -0.3 is 14.7 Å². The first kappa shape index (κ1) is 21.7. The third kappa shape index (κ3) is 4.13. The van der Waals surface area contributed by atoms with Crippen LogP contribution in [0.1, 0.15) is 53.6 Å². The van der Waals surface area contributed by atoms with Crippen molar-refractivity contribution in [2.75, 3.05) is 7.11 Å². The van der Waals surface area contributed by atoms with Crippen LogP contribution in [0.2, 0.25) is 0 Å². The second-order valence-electron chi connectivity index (χ2n) is 8.63. The Morgan fingerprint density at radius 2 is 1.56 bits per heavy atom. The van der Waals surface area contributed by atoms with Crippen molar-refractivity contribution in [3.63, 3.8) is 0 Å². The molecule has 0 radical (unpaired) electrons. The van der Waals surface area contributed by atoms with Crippen LogP contribution in [0.3, 0.4) is 0 Å². The number of hydrogen-bond acceptors (Lipinski definition) is 3. The molecule has 3 aromatic carbocycles. The van der Waals surface area contributed by atoms with Gasteiger partial charge in [-0.1, -0.05) is 80.1 Å². The Kier molecular flexibility index (Phi) is 6.04. The largest absolute Gasteiger partial charge is 0.503 e. The normalized spacial score (nSPS) is 16.2. The molecule has 1 amide bonds. The number of nitrogens with zero attached hydrogens (tertiary/aromatic N) is 1. The summed E-state index contributed by atoms with van der Waals surface area (Å²) < 4.78 is 5.28. The predicted octanol–water partition coefficient (Wildman–Crippen LogP) is 6.18. The standard InChI is InChI=1S/C28H29NO3/c1-18(2)21-9-11-23(12-10-21)26-25(22-13-15-24(32-4)16-14-22)27(30)28(31)29(26)17-20-7-5-19(3)6-8-20/h5-16,18,26,30H,17H2,1-4H3. The third-order valence-electron chi connectivity index (χ3n) is 6.10. The smallest absolute Gasteiger partial charge is 0.290 e. The maximum absolute atomic E-state index is 13.2. The Morgan fingerprint density at radius 3 is 2.12 bits per heavy atom. The first-order chi connectivity index (χ1) is 15.4. The van der Waals surface area contributed by atoms with Gasteiger partial charge in [0.2, 0.25) is 0 Å². The lowest BCUT2D eigenvalue weighted by molar-refractivity contribution is -0.130. The van der Waals surface area contributed by atoms with Gasteiger partial charge >= 0.3 is 0 Å². The molecule has 0 aromatic heterocycles. The fraction of sp³-hybridized carbons (Fsp3) is 0.250. The van der Waals surface area contributed by atoms with Crippen molar-refractivity contribution >= 4 is 11.5 Å². The minimum atomic E-state index is -0.376. The van der Waals surface area contributed by atoms with E-state index in [1.807, 2.05) is 55.5 Å². The number of methoxy groups -OCH3 is 1. The Hall–Kier alpha value is -3.53. The topological polar surface area (TPSA) is 49.8 Å². The van der Waals surface area contributed by atoms with E-state index in [2.05, 4.69) is 38.1 Å². The average Bonchev–Trinajstić information content (AvgIpc) is 3.05. The van der Waals surface area contributed by atoms with Gasteiger partial charge in [-0.15, -0.1) is 0 Å². The molecule has 1 aliphatic rings. The molecule has 32 heavy (non-hydrogen) atoms. The number of aryl methyl sites for hydroxylation is 1. The summed E-state index contributed by atoms with van der Waals surface area (Å²) in [6.45, 7) is 6.77. The van der Waals surface area contributed by atoms with Crippen molar-refractivity contribution in [1.29, 1.82) is 0 Å². The van der Waals surface area contributed by atoms with E-state index >= 15 is 0 Å². The molecule has 4 nitrogen and oxygen atoms in total. The molecule has 0 bridgehead atoms. The molecule has 0 aliphatic carbocycles. The van der Waals surface area contributed by atoms with E-state index in [9.17, 15) is 9.90 Å². The van der Waals surface area contributed by atoms with Crippen molar-refractivity contribution in [1.82, 2.24) is 4.90 Å². The molecule has 4 rings (SSSR count). The maximum atomic E-state index is 13.2. The molecular weight excluding hydrogens is 398 g/mol. The number of amides is 1. The summed E-state index contributed by atoms with van der Waals surface area (Å²) in [5.74, 6) is 0.602. The predicted molar refractivity (Wildman–Crippen MR) is 128 cm³/mol. The summed E-state index contributed by atoms with van der Waals surface area (Å²) in [5, 5.41) is 11.0. The summed E-state index contributed by atoms with van der Waals surface area (Å²) >= 11 is 0. The van der Waals surface area contributed by atoms with Gasteiger partial charge in [0.25, 0.3) is 5.91 Å². The fourth-order valence-corrected chi connectivity index (χ4v) is 4.18. The lowest BCUT2D eigenvalue weighted by Gasteiger charge is -2.28. The highest BCUT2D eigenvalue weighted by Crippen LogP contribution is 2.44. The van der Waals surface area contributed by atoms with E-state index in [4.69, 9.17) is 4.74 Å². The van der Waals surface area contributed by atoms with Gasteiger partial charge in [-0.2, -0.15) is 0 Å². The van der Waals surface area contributed by atoms with Gasteiger partial charge in [-0.25, -0.2) is 0 Å². The second kappa shape index (κ2) is 8.91. The monoisotopic (exact) mass is 427 g/mol. The molecule has 1 heterocycles. The maximum Gasteiger partial charge on any atom is 0.290 e. The molecule has 3 aromatic rings. The van der Waals surface area contributed by atoms with Crippen LogP contribution in [0, 0.1) is 6.92 Å². The van der Waals surface area contributed by atoms with Gasteiger partial charge in [-0.05, 0) is 47.2 Å². The van der Waals surface area contributed by atoms with Gasteiger partial charge in [0.15, 0.2) is 5.76 Å². The van der Waals surface area contributed by atoms with Crippen molar-refractivity contribution in [3.8, 4) is 5.75 Å². The van der Waals surface area contributed by atoms with Crippen molar-refractivity contribution in [3.05, 3.63) is 106 Å². The Bertz CT molecular complexity index is 1130. The fourth-order valence-electron chi connectivity index (χ4n) is 4.18. The number of rotatable bonds is 6. The molecular formula is C28H29NO3. The summed E-state index contributed by atoms with van der Waals surface area (Å²) in [6.07, 6.45) is 0. The number of carbonyl (C=O) groups is 1. The number of aliphatic hydroxyl groups is 1. The van der Waals surface area contributed by atoms with E-state index in [-0.39, 0.29) is 17.7 Å². The first-order valence-corrected chi connectivity index (χ1v) is 10.9. The summed E-state index contributed by atoms with van der Waals surface area (Å²) in [6, 6.07) is 23.6. The minimum absolute atomic E-state index is 0.194. The van der Waals surface area contributed by atoms with E-state index in [1.165, 1.54) is 11.1 Å². The highest BCUT2D eigenvalue weighted by molar-refractivity contribution is 6.05. The van der Waals surface area contributed by atoms with Gasteiger partial charge in [0.05, 0.1) is 13.2 Å². The summed E-state index contributed by atoms with van der Waals surface area (Å²) in [7, 11) is 1.62. The molecule has 4 heteroatoms. The van der Waals surface area contributed by atoms with E-state index in [1.54, 1.807) is 12.0 Å². The van der Waals surface area contributed by atoms with Crippen molar-refractivity contribution < 1.29 is 14.6 Å².